The molecule has 2 aliphatic rings. The van der Waals surface area contributed by atoms with E-state index in [4.69, 9.17) is 10.1 Å². The summed E-state index contributed by atoms with van der Waals surface area (Å²) in [6.45, 7) is 0. The molecule has 4 nitrogen and oxygen atoms in total. The molecule has 3 heterocycles. The molecular weight excluding hydrogens is 272 g/mol. The number of hydrogen-bond donors (Lipinski definition) is 0. The Labute approximate surface area is 129 Å². The van der Waals surface area contributed by atoms with E-state index in [1.807, 2.05) is 6.20 Å². The van der Waals surface area contributed by atoms with E-state index in [9.17, 15) is 0 Å². The van der Waals surface area contributed by atoms with Crippen LogP contribution in [-0.4, -0.2) is 19.3 Å². The van der Waals surface area contributed by atoms with Crippen LogP contribution in [0.25, 0.3) is 22.2 Å². The van der Waals surface area contributed by atoms with E-state index in [1.54, 1.807) is 0 Å². The number of pyridine rings is 1. The molecule has 0 bridgehead atoms. The van der Waals surface area contributed by atoms with Gasteiger partial charge in [0.15, 0.2) is 0 Å². The molecule has 0 saturated heterocycles. The SMILES string of the molecule is Cn1ccc2c(-c3cn(C4CCC4)nc3C3CC3)nccc21. The van der Waals surface area contributed by atoms with Crippen molar-refractivity contribution in [3.63, 3.8) is 0 Å². The first-order chi connectivity index (χ1) is 10.8. The van der Waals surface area contributed by atoms with Gasteiger partial charge in [0.2, 0.25) is 0 Å². The fourth-order valence-electron chi connectivity index (χ4n) is 3.50. The van der Waals surface area contributed by atoms with E-state index >= 15 is 0 Å². The van der Waals surface area contributed by atoms with Crippen molar-refractivity contribution in [3.05, 3.63) is 36.4 Å². The van der Waals surface area contributed by atoms with Gasteiger partial charge >= 0.3 is 0 Å². The van der Waals surface area contributed by atoms with Gasteiger partial charge in [-0.25, -0.2) is 0 Å². The van der Waals surface area contributed by atoms with Crippen LogP contribution < -0.4 is 0 Å². The van der Waals surface area contributed by atoms with Crippen molar-refractivity contribution < 1.29 is 0 Å². The Morgan fingerprint density at radius 1 is 1.14 bits per heavy atom. The maximum atomic E-state index is 4.95. The Morgan fingerprint density at radius 3 is 2.73 bits per heavy atom. The van der Waals surface area contributed by atoms with Crippen molar-refractivity contribution in [1.29, 1.82) is 0 Å². The zero-order chi connectivity index (χ0) is 14.7. The molecule has 112 valence electrons. The molecule has 4 heteroatoms. The summed E-state index contributed by atoms with van der Waals surface area (Å²) in [5.41, 5.74) is 4.87. The lowest BCUT2D eigenvalue weighted by Gasteiger charge is -2.25. The quantitative estimate of drug-likeness (QED) is 0.730. The van der Waals surface area contributed by atoms with Gasteiger partial charge in [0, 0.05) is 42.5 Å². The topological polar surface area (TPSA) is 35.6 Å². The van der Waals surface area contributed by atoms with Crippen LogP contribution in [0.3, 0.4) is 0 Å². The summed E-state index contributed by atoms with van der Waals surface area (Å²) in [6.07, 6.45) is 12.7. The van der Waals surface area contributed by atoms with Crippen molar-refractivity contribution >= 4 is 10.9 Å². The first kappa shape index (κ1) is 12.4. The third-order valence-corrected chi connectivity index (χ3v) is 5.24. The largest absolute Gasteiger partial charge is 0.350 e. The molecule has 3 aromatic rings. The fourth-order valence-corrected chi connectivity index (χ4v) is 3.50. The molecule has 22 heavy (non-hydrogen) atoms. The van der Waals surface area contributed by atoms with Crippen LogP contribution >= 0.6 is 0 Å². The fraction of sp³-hybridized carbons (Fsp3) is 0.444. The molecule has 0 amide bonds. The molecule has 0 unspecified atom stereocenters. The number of hydrogen-bond acceptors (Lipinski definition) is 2. The van der Waals surface area contributed by atoms with Crippen molar-refractivity contribution in [2.75, 3.05) is 0 Å². The summed E-state index contributed by atoms with van der Waals surface area (Å²) in [5.74, 6) is 0.650. The van der Waals surface area contributed by atoms with Crippen LogP contribution in [0.2, 0.25) is 0 Å². The highest BCUT2D eigenvalue weighted by Gasteiger charge is 2.32. The lowest BCUT2D eigenvalue weighted by molar-refractivity contribution is 0.288. The summed E-state index contributed by atoms with van der Waals surface area (Å²) in [7, 11) is 2.09. The monoisotopic (exact) mass is 292 g/mol. The molecule has 2 saturated carbocycles. The molecule has 3 aromatic heterocycles. The Morgan fingerprint density at radius 2 is 2.00 bits per heavy atom. The highest BCUT2D eigenvalue weighted by Crippen LogP contribution is 2.45. The molecule has 0 radical (unpaired) electrons. The van der Waals surface area contributed by atoms with Gasteiger partial charge in [-0.3, -0.25) is 9.67 Å². The number of rotatable bonds is 3. The highest BCUT2D eigenvalue weighted by molar-refractivity contribution is 5.93. The van der Waals surface area contributed by atoms with E-state index < -0.39 is 0 Å². The maximum Gasteiger partial charge on any atom is 0.0830 e. The predicted molar refractivity (Wildman–Crippen MR) is 86.8 cm³/mol. The van der Waals surface area contributed by atoms with Crippen LogP contribution in [0.15, 0.2) is 30.7 Å². The molecule has 5 rings (SSSR count). The van der Waals surface area contributed by atoms with E-state index in [0.717, 1.165) is 5.69 Å². The second kappa shape index (κ2) is 4.45. The Bertz CT molecular complexity index is 849. The van der Waals surface area contributed by atoms with Crippen LogP contribution in [0.1, 0.15) is 49.8 Å². The van der Waals surface area contributed by atoms with Gasteiger partial charge in [0.05, 0.1) is 22.9 Å². The van der Waals surface area contributed by atoms with Gasteiger partial charge in [-0.15, -0.1) is 0 Å². The van der Waals surface area contributed by atoms with Crippen LogP contribution in [0, 0.1) is 0 Å². The van der Waals surface area contributed by atoms with E-state index in [0.29, 0.717) is 12.0 Å². The number of fused-ring (bicyclic) bond motifs is 1. The van der Waals surface area contributed by atoms with Crippen molar-refractivity contribution in [3.8, 4) is 11.3 Å². The minimum absolute atomic E-state index is 0.612. The second-order valence-corrected chi connectivity index (χ2v) is 6.79. The molecule has 0 atom stereocenters. The lowest BCUT2D eigenvalue weighted by atomic mass is 9.93. The standard InChI is InChI=1S/C18H20N4/c1-21-10-8-14-16(21)7-9-19-18(14)15-11-22(13-3-2-4-13)20-17(15)12-5-6-12/h7-13H,2-6H2,1H3. The third-order valence-electron chi connectivity index (χ3n) is 5.24. The maximum absolute atomic E-state index is 4.95. The summed E-state index contributed by atoms with van der Waals surface area (Å²) in [6, 6.07) is 4.88. The first-order valence-electron chi connectivity index (χ1n) is 8.31. The minimum atomic E-state index is 0.612. The van der Waals surface area contributed by atoms with Gasteiger partial charge in [-0.1, -0.05) is 0 Å². The smallest absolute Gasteiger partial charge is 0.0830 e. The molecule has 0 spiro atoms. The lowest BCUT2D eigenvalue weighted by Crippen LogP contribution is -2.17. The Balaban J connectivity index is 1.70. The molecule has 2 aliphatic carbocycles. The predicted octanol–water partition coefficient (Wildman–Crippen LogP) is 4.04. The second-order valence-electron chi connectivity index (χ2n) is 6.79. The van der Waals surface area contributed by atoms with Gasteiger partial charge < -0.3 is 4.57 Å². The van der Waals surface area contributed by atoms with E-state index in [1.165, 1.54) is 54.3 Å². The van der Waals surface area contributed by atoms with Crippen LogP contribution in [0.5, 0.6) is 0 Å². The molecule has 0 aromatic carbocycles. The minimum Gasteiger partial charge on any atom is -0.350 e. The zero-order valence-electron chi connectivity index (χ0n) is 12.9. The van der Waals surface area contributed by atoms with Gasteiger partial charge in [0.1, 0.15) is 0 Å². The Hall–Kier alpha value is -2.10. The van der Waals surface area contributed by atoms with Gasteiger partial charge in [-0.05, 0) is 44.2 Å². The van der Waals surface area contributed by atoms with E-state index in [2.05, 4.69) is 40.8 Å². The summed E-state index contributed by atoms with van der Waals surface area (Å²) in [5, 5.41) is 6.19. The molecular formula is C18H20N4. The number of aryl methyl sites for hydroxylation is 1. The summed E-state index contributed by atoms with van der Waals surface area (Å²) < 4.78 is 4.38. The van der Waals surface area contributed by atoms with Crippen LogP contribution in [0.4, 0.5) is 0 Å². The van der Waals surface area contributed by atoms with Gasteiger partial charge in [0.25, 0.3) is 0 Å². The number of aromatic nitrogens is 4. The summed E-state index contributed by atoms with van der Waals surface area (Å²) in [4.78, 5) is 4.71. The van der Waals surface area contributed by atoms with Crippen molar-refractivity contribution in [1.82, 2.24) is 19.3 Å². The van der Waals surface area contributed by atoms with Gasteiger partial charge in [-0.2, -0.15) is 5.10 Å². The first-order valence-corrected chi connectivity index (χ1v) is 8.31. The third kappa shape index (κ3) is 1.76. The Kier molecular flexibility index (Phi) is 2.52. The molecule has 0 aliphatic heterocycles. The van der Waals surface area contributed by atoms with Crippen molar-refractivity contribution in [2.24, 2.45) is 7.05 Å². The molecule has 0 N–H and O–H groups in total. The normalized spacial score (nSPS) is 18.8. The number of nitrogens with zero attached hydrogens (tertiary/aromatic N) is 4. The average molecular weight is 292 g/mol. The van der Waals surface area contributed by atoms with Crippen molar-refractivity contribution in [2.45, 2.75) is 44.1 Å². The van der Waals surface area contributed by atoms with E-state index in [-0.39, 0.29) is 0 Å². The summed E-state index contributed by atoms with van der Waals surface area (Å²) >= 11 is 0. The highest BCUT2D eigenvalue weighted by atomic mass is 15.3. The van der Waals surface area contributed by atoms with Crippen LogP contribution in [-0.2, 0) is 7.05 Å². The molecule has 2 fully saturated rings. The average Bonchev–Trinajstić information content (AvgIpc) is 3.13. The zero-order valence-corrected chi connectivity index (χ0v) is 12.9.